The topological polar surface area (TPSA) is 49.8 Å². The Kier molecular flexibility index (Phi) is 4.74. The van der Waals surface area contributed by atoms with Crippen LogP contribution in [-0.2, 0) is 6.54 Å². The fraction of sp³-hybridized carbons (Fsp3) is 0.111. The Morgan fingerprint density at radius 3 is 2.43 bits per heavy atom. The Balaban J connectivity index is 1.71. The Bertz CT molecular complexity index is 773. The van der Waals surface area contributed by atoms with E-state index in [1.54, 1.807) is 0 Å². The molecule has 0 aliphatic carbocycles. The van der Waals surface area contributed by atoms with Crippen LogP contribution in [0.3, 0.4) is 0 Å². The molecule has 0 spiro atoms. The minimum atomic E-state index is 0.579. The summed E-state index contributed by atoms with van der Waals surface area (Å²) in [5.41, 5.74) is 3.00. The Morgan fingerprint density at radius 1 is 0.957 bits per heavy atom. The van der Waals surface area contributed by atoms with Gasteiger partial charge in [-0.1, -0.05) is 41.9 Å². The van der Waals surface area contributed by atoms with Crippen LogP contribution in [-0.4, -0.2) is 9.97 Å². The second-order valence-corrected chi connectivity index (χ2v) is 5.63. The van der Waals surface area contributed by atoms with E-state index in [0.29, 0.717) is 12.5 Å². The molecule has 2 aromatic carbocycles. The molecule has 0 saturated heterocycles. The van der Waals surface area contributed by atoms with Crippen molar-refractivity contribution in [2.45, 2.75) is 13.5 Å². The van der Waals surface area contributed by atoms with Gasteiger partial charge in [-0.3, -0.25) is 0 Å². The summed E-state index contributed by atoms with van der Waals surface area (Å²) in [7, 11) is 0. The van der Waals surface area contributed by atoms with Gasteiger partial charge >= 0.3 is 0 Å². The van der Waals surface area contributed by atoms with Gasteiger partial charge in [-0.2, -0.15) is 4.98 Å². The highest BCUT2D eigenvalue weighted by molar-refractivity contribution is 6.30. The molecule has 3 aromatic rings. The lowest BCUT2D eigenvalue weighted by Crippen LogP contribution is -2.05. The van der Waals surface area contributed by atoms with E-state index in [4.69, 9.17) is 11.6 Å². The van der Waals surface area contributed by atoms with E-state index in [2.05, 4.69) is 20.6 Å². The van der Waals surface area contributed by atoms with Gasteiger partial charge in [0.1, 0.15) is 5.82 Å². The molecule has 5 heteroatoms. The third-order valence-electron chi connectivity index (χ3n) is 3.27. The maximum Gasteiger partial charge on any atom is 0.229 e. The highest BCUT2D eigenvalue weighted by Crippen LogP contribution is 2.16. The van der Waals surface area contributed by atoms with Crippen molar-refractivity contribution < 1.29 is 0 Å². The number of hydrogen-bond acceptors (Lipinski definition) is 4. The number of rotatable bonds is 5. The van der Waals surface area contributed by atoms with Crippen LogP contribution < -0.4 is 10.6 Å². The molecule has 0 aliphatic rings. The zero-order valence-electron chi connectivity index (χ0n) is 12.8. The molecule has 0 unspecified atom stereocenters. The first kappa shape index (κ1) is 15.3. The molecular formula is C18H17ClN4. The van der Waals surface area contributed by atoms with Gasteiger partial charge in [0.25, 0.3) is 0 Å². The lowest BCUT2D eigenvalue weighted by Gasteiger charge is -2.10. The van der Waals surface area contributed by atoms with E-state index >= 15 is 0 Å². The molecule has 0 aliphatic heterocycles. The van der Waals surface area contributed by atoms with E-state index in [1.165, 1.54) is 0 Å². The third-order valence-corrected chi connectivity index (χ3v) is 3.52. The molecule has 0 fully saturated rings. The van der Waals surface area contributed by atoms with Crippen LogP contribution in [0.2, 0.25) is 5.02 Å². The smallest absolute Gasteiger partial charge is 0.229 e. The highest BCUT2D eigenvalue weighted by atomic mass is 35.5. The van der Waals surface area contributed by atoms with Crippen LogP contribution in [0.15, 0.2) is 60.7 Å². The predicted molar refractivity (Wildman–Crippen MR) is 95.3 cm³/mol. The molecule has 0 amide bonds. The molecule has 0 atom stereocenters. The summed E-state index contributed by atoms with van der Waals surface area (Å²) in [5.74, 6) is 1.36. The van der Waals surface area contributed by atoms with E-state index in [1.807, 2.05) is 67.6 Å². The number of hydrogen-bond donors (Lipinski definition) is 2. The van der Waals surface area contributed by atoms with Gasteiger partial charge < -0.3 is 10.6 Å². The largest absolute Gasteiger partial charge is 0.366 e. The van der Waals surface area contributed by atoms with Crippen LogP contribution in [0.25, 0.3) is 0 Å². The van der Waals surface area contributed by atoms with Gasteiger partial charge in [0.2, 0.25) is 5.95 Å². The monoisotopic (exact) mass is 324 g/mol. The van der Waals surface area contributed by atoms with Crippen molar-refractivity contribution >= 4 is 29.1 Å². The predicted octanol–water partition coefficient (Wildman–Crippen LogP) is 4.79. The number of anilines is 3. The van der Waals surface area contributed by atoms with Crippen LogP contribution in [0.5, 0.6) is 0 Å². The van der Waals surface area contributed by atoms with Gasteiger partial charge in [-0.05, 0) is 36.8 Å². The second-order valence-electron chi connectivity index (χ2n) is 5.19. The summed E-state index contributed by atoms with van der Waals surface area (Å²) in [6, 6.07) is 19.5. The van der Waals surface area contributed by atoms with Crippen molar-refractivity contribution in [1.82, 2.24) is 9.97 Å². The summed E-state index contributed by atoms with van der Waals surface area (Å²) in [6.07, 6.45) is 0. The molecule has 0 radical (unpaired) electrons. The van der Waals surface area contributed by atoms with Gasteiger partial charge in [0.05, 0.1) is 0 Å². The molecule has 2 N–H and O–H groups in total. The first-order valence-electron chi connectivity index (χ1n) is 7.35. The van der Waals surface area contributed by atoms with Crippen LogP contribution in [0.4, 0.5) is 17.5 Å². The number of nitrogens with zero attached hydrogens (tertiary/aromatic N) is 2. The molecule has 116 valence electrons. The molecule has 4 nitrogen and oxygen atoms in total. The quantitative estimate of drug-likeness (QED) is 0.708. The van der Waals surface area contributed by atoms with E-state index in [9.17, 15) is 0 Å². The number of benzene rings is 2. The maximum atomic E-state index is 5.90. The number of aryl methyl sites for hydroxylation is 1. The first-order valence-corrected chi connectivity index (χ1v) is 7.73. The van der Waals surface area contributed by atoms with Crippen LogP contribution in [0, 0.1) is 6.92 Å². The lowest BCUT2D eigenvalue weighted by molar-refractivity contribution is 1.06. The van der Waals surface area contributed by atoms with Crippen LogP contribution in [0.1, 0.15) is 11.3 Å². The Labute approximate surface area is 140 Å². The molecular weight excluding hydrogens is 308 g/mol. The van der Waals surface area contributed by atoms with Crippen molar-refractivity contribution in [3.8, 4) is 0 Å². The van der Waals surface area contributed by atoms with Gasteiger partial charge in [-0.25, -0.2) is 4.98 Å². The SMILES string of the molecule is Cc1cc(NCc2ccc(Cl)cc2)nc(Nc2ccccc2)n1. The van der Waals surface area contributed by atoms with Gasteiger partial charge in [0, 0.05) is 29.0 Å². The van der Waals surface area contributed by atoms with Gasteiger partial charge in [-0.15, -0.1) is 0 Å². The average Bonchev–Trinajstić information content (AvgIpc) is 2.55. The number of halogens is 1. The molecule has 0 saturated carbocycles. The van der Waals surface area contributed by atoms with Gasteiger partial charge in [0.15, 0.2) is 0 Å². The van der Waals surface area contributed by atoms with Crippen molar-refractivity contribution in [2.24, 2.45) is 0 Å². The molecule has 1 aromatic heterocycles. The van der Waals surface area contributed by atoms with Crippen molar-refractivity contribution in [2.75, 3.05) is 10.6 Å². The zero-order valence-corrected chi connectivity index (χ0v) is 13.5. The summed E-state index contributed by atoms with van der Waals surface area (Å²) >= 11 is 5.90. The highest BCUT2D eigenvalue weighted by Gasteiger charge is 2.03. The average molecular weight is 325 g/mol. The van der Waals surface area contributed by atoms with Crippen molar-refractivity contribution in [1.29, 1.82) is 0 Å². The minimum absolute atomic E-state index is 0.579. The number of aromatic nitrogens is 2. The van der Waals surface area contributed by atoms with Crippen molar-refractivity contribution in [3.63, 3.8) is 0 Å². The molecule has 3 rings (SSSR count). The maximum absolute atomic E-state index is 5.90. The third kappa shape index (κ3) is 4.44. The number of nitrogens with one attached hydrogen (secondary N) is 2. The summed E-state index contributed by atoms with van der Waals surface area (Å²) < 4.78 is 0. The number of para-hydroxylation sites is 1. The first-order chi connectivity index (χ1) is 11.2. The van der Waals surface area contributed by atoms with Crippen molar-refractivity contribution in [3.05, 3.63) is 76.9 Å². The van der Waals surface area contributed by atoms with E-state index in [0.717, 1.165) is 27.8 Å². The normalized spacial score (nSPS) is 10.3. The summed E-state index contributed by atoms with van der Waals surface area (Å²) in [5, 5.41) is 7.26. The standard InChI is InChI=1S/C18H17ClN4/c1-13-11-17(20-12-14-7-9-15(19)10-8-14)23-18(21-13)22-16-5-3-2-4-6-16/h2-11H,12H2,1H3,(H2,20,21,22,23). The summed E-state index contributed by atoms with van der Waals surface area (Å²) in [6.45, 7) is 2.63. The Morgan fingerprint density at radius 2 is 1.70 bits per heavy atom. The molecule has 0 bridgehead atoms. The van der Waals surface area contributed by atoms with E-state index < -0.39 is 0 Å². The fourth-order valence-corrected chi connectivity index (χ4v) is 2.29. The van der Waals surface area contributed by atoms with Crippen LogP contribution >= 0.6 is 11.6 Å². The van der Waals surface area contributed by atoms with E-state index in [-0.39, 0.29) is 0 Å². The lowest BCUT2D eigenvalue weighted by atomic mass is 10.2. The fourth-order valence-electron chi connectivity index (χ4n) is 2.16. The Hall–Kier alpha value is -2.59. The molecule has 23 heavy (non-hydrogen) atoms. The minimum Gasteiger partial charge on any atom is -0.366 e. The zero-order chi connectivity index (χ0) is 16.1. The second kappa shape index (κ2) is 7.11. The molecule has 1 heterocycles. The summed E-state index contributed by atoms with van der Waals surface area (Å²) in [4.78, 5) is 8.92.